The molecule has 0 N–H and O–H groups in total. The molecule has 0 spiro atoms. The average Bonchev–Trinajstić information content (AvgIpc) is 3.36. The second-order valence-electron chi connectivity index (χ2n) is 7.14. The fourth-order valence-corrected chi connectivity index (χ4v) is 4.39. The molecule has 0 unspecified atom stereocenters. The summed E-state index contributed by atoms with van der Waals surface area (Å²) in [6.45, 7) is 4.19. The van der Waals surface area contributed by atoms with Crippen molar-refractivity contribution in [3.8, 4) is 0 Å². The molecule has 8 nitrogen and oxygen atoms in total. The summed E-state index contributed by atoms with van der Waals surface area (Å²) in [5.74, 6) is 0.747. The Labute approximate surface area is 189 Å². The lowest BCUT2D eigenvalue weighted by atomic mass is 10.1. The summed E-state index contributed by atoms with van der Waals surface area (Å²) in [7, 11) is 1.63. The summed E-state index contributed by atoms with van der Waals surface area (Å²) in [5.41, 5.74) is 2.31. The van der Waals surface area contributed by atoms with Crippen molar-refractivity contribution in [1.82, 2.24) is 18.6 Å². The number of benzene rings is 1. The summed E-state index contributed by atoms with van der Waals surface area (Å²) in [6.07, 6.45) is 3.57. The molecule has 3 heterocycles. The number of hydrogen-bond donors (Lipinski definition) is 0. The van der Waals surface area contributed by atoms with Crippen LogP contribution in [0.4, 0.5) is 5.82 Å². The van der Waals surface area contributed by atoms with Crippen molar-refractivity contribution in [3.05, 3.63) is 41.7 Å². The van der Waals surface area contributed by atoms with Crippen molar-refractivity contribution >= 4 is 46.1 Å². The standard InChI is InChI=1S/C21H25N5O3S2/c1-28-8-5-26(21(27)19-13-22-31-24-19)14-16-11-15-3-4-17(30-2)12-18(15)23-20(16)25-6-9-29-10-7-25/h3-4,11-13H,5-10,14H2,1-2H3. The van der Waals surface area contributed by atoms with Gasteiger partial charge in [-0.05, 0) is 24.5 Å². The van der Waals surface area contributed by atoms with Crippen molar-refractivity contribution < 1.29 is 14.3 Å². The van der Waals surface area contributed by atoms with Gasteiger partial charge in [0.05, 0.1) is 43.3 Å². The molecule has 0 atom stereocenters. The predicted octanol–water partition coefficient (Wildman–Crippen LogP) is 2.93. The molecule has 1 saturated heterocycles. The lowest BCUT2D eigenvalue weighted by molar-refractivity contribution is 0.0675. The third-order valence-electron chi connectivity index (χ3n) is 5.19. The van der Waals surface area contributed by atoms with Crippen LogP contribution in [0.15, 0.2) is 35.4 Å². The number of ether oxygens (including phenoxy) is 2. The number of rotatable bonds is 8. The zero-order valence-electron chi connectivity index (χ0n) is 17.6. The first kappa shape index (κ1) is 21.9. The van der Waals surface area contributed by atoms with Gasteiger partial charge in [-0.1, -0.05) is 6.07 Å². The quantitative estimate of drug-likeness (QED) is 0.476. The second kappa shape index (κ2) is 10.4. The lowest BCUT2D eigenvalue weighted by Crippen LogP contribution is -2.39. The van der Waals surface area contributed by atoms with E-state index in [1.807, 2.05) is 0 Å². The summed E-state index contributed by atoms with van der Waals surface area (Å²) >= 11 is 2.73. The Balaban J connectivity index is 1.72. The molecule has 1 aliphatic rings. The van der Waals surface area contributed by atoms with Crippen LogP contribution in [0.1, 0.15) is 16.1 Å². The molecule has 10 heteroatoms. The van der Waals surface area contributed by atoms with Crippen LogP contribution in [0, 0.1) is 0 Å². The zero-order chi connectivity index (χ0) is 21.6. The van der Waals surface area contributed by atoms with E-state index < -0.39 is 0 Å². The van der Waals surface area contributed by atoms with Gasteiger partial charge in [-0.25, -0.2) is 4.98 Å². The summed E-state index contributed by atoms with van der Waals surface area (Å²) in [4.78, 5) is 23.3. The van der Waals surface area contributed by atoms with Crippen LogP contribution in [0.25, 0.3) is 10.9 Å². The van der Waals surface area contributed by atoms with Gasteiger partial charge in [-0.15, -0.1) is 11.8 Å². The second-order valence-corrected chi connectivity index (χ2v) is 8.58. The minimum absolute atomic E-state index is 0.156. The molecule has 2 aromatic heterocycles. The third kappa shape index (κ3) is 5.15. The van der Waals surface area contributed by atoms with Gasteiger partial charge >= 0.3 is 0 Å². The van der Waals surface area contributed by atoms with Crippen LogP contribution in [0.2, 0.25) is 0 Å². The van der Waals surface area contributed by atoms with Crippen LogP contribution in [0.5, 0.6) is 0 Å². The first-order valence-corrected chi connectivity index (χ1v) is 12.0. The maximum absolute atomic E-state index is 13.1. The molecule has 1 aromatic carbocycles. The highest BCUT2D eigenvalue weighted by atomic mass is 32.2. The summed E-state index contributed by atoms with van der Waals surface area (Å²) in [6, 6.07) is 8.44. The number of morpholine rings is 1. The van der Waals surface area contributed by atoms with Crippen molar-refractivity contribution in [2.45, 2.75) is 11.4 Å². The number of anilines is 1. The number of carbonyl (C=O) groups is 1. The molecule has 1 aliphatic heterocycles. The van der Waals surface area contributed by atoms with Crippen LogP contribution in [-0.2, 0) is 16.0 Å². The molecule has 3 aromatic rings. The van der Waals surface area contributed by atoms with Crippen LogP contribution < -0.4 is 4.90 Å². The molecule has 0 radical (unpaired) electrons. The van der Waals surface area contributed by atoms with Gasteiger partial charge in [0.15, 0.2) is 5.69 Å². The SMILES string of the molecule is COCCN(Cc1cc2ccc(SC)cc2nc1N1CCOCC1)C(=O)c1cnsn1. The Hall–Kier alpha value is -2.27. The molecule has 1 amide bonds. The fourth-order valence-electron chi connectivity index (χ4n) is 3.55. The van der Waals surface area contributed by atoms with Gasteiger partial charge in [0.25, 0.3) is 5.91 Å². The van der Waals surface area contributed by atoms with E-state index in [-0.39, 0.29) is 5.91 Å². The Bertz CT molecular complexity index is 1030. The molecule has 0 bridgehead atoms. The van der Waals surface area contributed by atoms with Gasteiger partial charge in [0, 0.05) is 49.1 Å². The lowest BCUT2D eigenvalue weighted by Gasteiger charge is -2.31. The number of thioether (sulfide) groups is 1. The molecule has 31 heavy (non-hydrogen) atoms. The Kier molecular flexibility index (Phi) is 7.33. The van der Waals surface area contributed by atoms with Gasteiger partial charge in [0.2, 0.25) is 0 Å². The Morgan fingerprint density at radius 3 is 2.87 bits per heavy atom. The van der Waals surface area contributed by atoms with Gasteiger partial charge in [-0.3, -0.25) is 4.79 Å². The third-order valence-corrected chi connectivity index (χ3v) is 6.39. The molecular formula is C21H25N5O3S2. The van der Waals surface area contributed by atoms with Crippen LogP contribution in [0.3, 0.4) is 0 Å². The summed E-state index contributed by atoms with van der Waals surface area (Å²) in [5, 5.41) is 1.05. The van der Waals surface area contributed by atoms with Crippen LogP contribution in [-0.4, -0.2) is 77.4 Å². The van der Waals surface area contributed by atoms with Crippen molar-refractivity contribution in [3.63, 3.8) is 0 Å². The van der Waals surface area contributed by atoms with E-state index in [9.17, 15) is 4.79 Å². The zero-order valence-corrected chi connectivity index (χ0v) is 19.2. The highest BCUT2D eigenvalue weighted by Gasteiger charge is 2.23. The Morgan fingerprint density at radius 1 is 1.32 bits per heavy atom. The molecule has 164 valence electrons. The van der Waals surface area contributed by atoms with Crippen molar-refractivity contribution in [1.29, 1.82) is 0 Å². The number of nitrogens with zero attached hydrogens (tertiary/aromatic N) is 5. The van der Waals surface area contributed by atoms with Crippen LogP contribution >= 0.6 is 23.5 Å². The molecule has 0 aliphatic carbocycles. The highest BCUT2D eigenvalue weighted by molar-refractivity contribution is 7.98. The normalized spacial score (nSPS) is 14.2. The number of fused-ring (bicyclic) bond motifs is 1. The predicted molar refractivity (Wildman–Crippen MR) is 123 cm³/mol. The minimum atomic E-state index is -0.156. The van der Waals surface area contributed by atoms with E-state index in [4.69, 9.17) is 14.5 Å². The number of amides is 1. The smallest absolute Gasteiger partial charge is 0.275 e. The highest BCUT2D eigenvalue weighted by Crippen LogP contribution is 2.28. The maximum atomic E-state index is 13.1. The minimum Gasteiger partial charge on any atom is -0.383 e. The van der Waals surface area contributed by atoms with Gasteiger partial charge in [-0.2, -0.15) is 8.75 Å². The number of aromatic nitrogens is 3. The van der Waals surface area contributed by atoms with E-state index in [2.05, 4.69) is 44.2 Å². The molecular weight excluding hydrogens is 434 g/mol. The topological polar surface area (TPSA) is 80.7 Å². The van der Waals surface area contributed by atoms with Gasteiger partial charge < -0.3 is 19.3 Å². The monoisotopic (exact) mass is 459 g/mol. The van der Waals surface area contributed by atoms with Gasteiger partial charge in [0.1, 0.15) is 5.82 Å². The summed E-state index contributed by atoms with van der Waals surface area (Å²) < 4.78 is 18.9. The number of hydrogen-bond acceptors (Lipinski definition) is 9. The average molecular weight is 460 g/mol. The van der Waals surface area contributed by atoms with E-state index in [0.717, 1.165) is 47.1 Å². The first-order valence-electron chi connectivity index (χ1n) is 10.1. The number of carbonyl (C=O) groups excluding carboxylic acids is 1. The fraction of sp³-hybridized carbons (Fsp3) is 0.429. The van der Waals surface area contributed by atoms with E-state index in [0.29, 0.717) is 38.6 Å². The molecule has 1 fully saturated rings. The first-order chi connectivity index (χ1) is 15.2. The van der Waals surface area contributed by atoms with E-state index in [1.54, 1.807) is 23.8 Å². The Morgan fingerprint density at radius 2 is 2.16 bits per heavy atom. The van der Waals surface area contributed by atoms with E-state index in [1.165, 1.54) is 11.1 Å². The van der Waals surface area contributed by atoms with Crippen molar-refractivity contribution in [2.24, 2.45) is 0 Å². The van der Waals surface area contributed by atoms with Crippen molar-refractivity contribution in [2.75, 3.05) is 57.7 Å². The maximum Gasteiger partial charge on any atom is 0.275 e. The largest absolute Gasteiger partial charge is 0.383 e. The van der Waals surface area contributed by atoms with E-state index >= 15 is 0 Å². The molecule has 4 rings (SSSR count). The number of methoxy groups -OCH3 is 1. The molecule has 0 saturated carbocycles. The number of pyridine rings is 1.